The SMILES string of the molecule is Cn1cnnc1CN1CCc2c(Br)ccc(F)c2C1. The predicted octanol–water partition coefficient (Wildman–Crippen LogP) is 2.27. The summed E-state index contributed by atoms with van der Waals surface area (Å²) >= 11 is 3.50. The van der Waals surface area contributed by atoms with Gasteiger partial charge in [-0.3, -0.25) is 4.90 Å². The van der Waals surface area contributed by atoms with Crippen molar-refractivity contribution < 1.29 is 4.39 Å². The second kappa shape index (κ2) is 5.02. The van der Waals surface area contributed by atoms with Crippen LogP contribution in [0.4, 0.5) is 4.39 Å². The first-order valence-electron chi connectivity index (χ1n) is 6.16. The molecule has 0 spiro atoms. The Labute approximate surface area is 119 Å². The summed E-state index contributed by atoms with van der Waals surface area (Å²) in [6.45, 7) is 2.22. The lowest BCUT2D eigenvalue weighted by Gasteiger charge is -2.29. The lowest BCUT2D eigenvalue weighted by atomic mass is 9.99. The number of fused-ring (bicyclic) bond motifs is 1. The van der Waals surface area contributed by atoms with E-state index < -0.39 is 0 Å². The second-order valence-corrected chi connectivity index (χ2v) is 5.66. The number of hydrogen-bond acceptors (Lipinski definition) is 3. The summed E-state index contributed by atoms with van der Waals surface area (Å²) in [5.74, 6) is 0.778. The zero-order valence-electron chi connectivity index (χ0n) is 10.6. The van der Waals surface area contributed by atoms with E-state index in [0.29, 0.717) is 13.1 Å². The molecule has 2 heterocycles. The average molecular weight is 325 g/mol. The Morgan fingerprint density at radius 3 is 2.95 bits per heavy atom. The van der Waals surface area contributed by atoms with Gasteiger partial charge in [0, 0.05) is 30.2 Å². The quantitative estimate of drug-likeness (QED) is 0.849. The van der Waals surface area contributed by atoms with Gasteiger partial charge in [-0.15, -0.1) is 10.2 Å². The molecule has 0 aliphatic carbocycles. The molecule has 0 fully saturated rings. The third-order valence-corrected chi connectivity index (χ3v) is 4.29. The molecular weight excluding hydrogens is 311 g/mol. The van der Waals surface area contributed by atoms with E-state index in [1.165, 1.54) is 6.07 Å². The van der Waals surface area contributed by atoms with Crippen LogP contribution in [0.2, 0.25) is 0 Å². The highest BCUT2D eigenvalue weighted by Gasteiger charge is 2.22. The fraction of sp³-hybridized carbons (Fsp3) is 0.385. The van der Waals surface area contributed by atoms with Crippen molar-refractivity contribution in [2.45, 2.75) is 19.5 Å². The summed E-state index contributed by atoms with van der Waals surface area (Å²) in [6.07, 6.45) is 2.54. The van der Waals surface area contributed by atoms with E-state index in [4.69, 9.17) is 0 Å². The van der Waals surface area contributed by atoms with Gasteiger partial charge in [0.25, 0.3) is 0 Å². The Kier molecular flexibility index (Phi) is 3.36. The number of aryl methyl sites for hydroxylation is 1. The monoisotopic (exact) mass is 324 g/mol. The number of halogens is 2. The van der Waals surface area contributed by atoms with Crippen molar-refractivity contribution in [3.63, 3.8) is 0 Å². The van der Waals surface area contributed by atoms with Crippen LogP contribution in [0, 0.1) is 5.82 Å². The maximum Gasteiger partial charge on any atom is 0.146 e. The third kappa shape index (κ3) is 2.42. The minimum Gasteiger partial charge on any atom is -0.320 e. The summed E-state index contributed by atoms with van der Waals surface area (Å²) in [7, 11) is 1.92. The first-order chi connectivity index (χ1) is 9.15. The fourth-order valence-corrected chi connectivity index (χ4v) is 3.00. The minimum atomic E-state index is -0.124. The Bertz CT molecular complexity index is 611. The smallest absolute Gasteiger partial charge is 0.146 e. The van der Waals surface area contributed by atoms with Crippen LogP contribution < -0.4 is 0 Å². The van der Waals surface area contributed by atoms with Crippen LogP contribution in [0.5, 0.6) is 0 Å². The highest BCUT2D eigenvalue weighted by atomic mass is 79.9. The van der Waals surface area contributed by atoms with Gasteiger partial charge in [-0.25, -0.2) is 4.39 Å². The van der Waals surface area contributed by atoms with E-state index in [1.807, 2.05) is 11.6 Å². The highest BCUT2D eigenvalue weighted by Crippen LogP contribution is 2.29. The molecule has 0 bridgehead atoms. The second-order valence-electron chi connectivity index (χ2n) is 4.81. The number of aromatic nitrogens is 3. The molecule has 0 atom stereocenters. The molecule has 3 rings (SSSR count). The highest BCUT2D eigenvalue weighted by molar-refractivity contribution is 9.10. The first kappa shape index (κ1) is 12.7. The normalized spacial score (nSPS) is 15.5. The van der Waals surface area contributed by atoms with Gasteiger partial charge in [0.05, 0.1) is 6.54 Å². The van der Waals surface area contributed by atoms with Crippen molar-refractivity contribution in [3.8, 4) is 0 Å². The van der Waals surface area contributed by atoms with Crippen LogP contribution in [0.3, 0.4) is 0 Å². The molecule has 0 amide bonds. The van der Waals surface area contributed by atoms with Crippen LogP contribution in [0.15, 0.2) is 22.9 Å². The molecule has 1 aliphatic heterocycles. The number of rotatable bonds is 2. The molecule has 6 heteroatoms. The molecule has 2 aromatic rings. The molecule has 1 aromatic heterocycles. The van der Waals surface area contributed by atoms with Crippen molar-refractivity contribution in [2.75, 3.05) is 6.54 Å². The zero-order valence-corrected chi connectivity index (χ0v) is 12.2. The summed E-state index contributed by atoms with van der Waals surface area (Å²) < 4.78 is 16.8. The van der Waals surface area contributed by atoms with E-state index >= 15 is 0 Å². The van der Waals surface area contributed by atoms with E-state index in [9.17, 15) is 4.39 Å². The Morgan fingerprint density at radius 2 is 2.21 bits per heavy atom. The molecule has 0 saturated heterocycles. The lowest BCUT2D eigenvalue weighted by molar-refractivity contribution is 0.232. The van der Waals surface area contributed by atoms with Crippen LogP contribution in [0.1, 0.15) is 17.0 Å². The molecule has 0 saturated carbocycles. The maximum absolute atomic E-state index is 13.9. The van der Waals surface area contributed by atoms with E-state index in [0.717, 1.165) is 34.4 Å². The topological polar surface area (TPSA) is 34.0 Å². The molecule has 19 heavy (non-hydrogen) atoms. The van der Waals surface area contributed by atoms with Gasteiger partial charge < -0.3 is 4.57 Å². The summed E-state index contributed by atoms with van der Waals surface area (Å²) in [6, 6.07) is 3.31. The van der Waals surface area contributed by atoms with Crippen molar-refractivity contribution >= 4 is 15.9 Å². The van der Waals surface area contributed by atoms with Crippen LogP contribution in [-0.2, 0) is 26.6 Å². The Hall–Kier alpha value is -1.27. The largest absolute Gasteiger partial charge is 0.320 e. The molecule has 1 aromatic carbocycles. The van der Waals surface area contributed by atoms with Gasteiger partial charge in [-0.1, -0.05) is 15.9 Å². The first-order valence-corrected chi connectivity index (χ1v) is 6.95. The van der Waals surface area contributed by atoms with Crippen molar-refractivity contribution in [2.24, 2.45) is 7.05 Å². The van der Waals surface area contributed by atoms with E-state index in [2.05, 4.69) is 31.0 Å². The van der Waals surface area contributed by atoms with Crippen molar-refractivity contribution in [3.05, 3.63) is 45.7 Å². The average Bonchev–Trinajstić information content (AvgIpc) is 2.80. The number of nitrogens with zero attached hydrogens (tertiary/aromatic N) is 4. The van der Waals surface area contributed by atoms with E-state index in [1.54, 1.807) is 12.4 Å². The molecular formula is C13H14BrFN4. The van der Waals surface area contributed by atoms with Gasteiger partial charge in [0.15, 0.2) is 0 Å². The Balaban J connectivity index is 1.83. The standard InChI is InChI=1S/C13H14BrFN4/c1-18-8-16-17-13(18)7-19-5-4-9-10(6-19)12(15)3-2-11(9)14/h2-3,8H,4-7H2,1H3. The summed E-state index contributed by atoms with van der Waals surface area (Å²) in [5.41, 5.74) is 1.89. The lowest BCUT2D eigenvalue weighted by Crippen LogP contribution is -2.31. The predicted molar refractivity (Wildman–Crippen MR) is 72.9 cm³/mol. The summed E-state index contributed by atoms with van der Waals surface area (Å²) in [4.78, 5) is 2.20. The fourth-order valence-electron chi connectivity index (χ4n) is 2.43. The van der Waals surface area contributed by atoms with Gasteiger partial charge in [-0.05, 0) is 24.1 Å². The Morgan fingerprint density at radius 1 is 1.37 bits per heavy atom. The van der Waals surface area contributed by atoms with E-state index in [-0.39, 0.29) is 5.82 Å². The number of benzene rings is 1. The van der Waals surface area contributed by atoms with Gasteiger partial charge >= 0.3 is 0 Å². The number of hydrogen-bond donors (Lipinski definition) is 0. The van der Waals surface area contributed by atoms with Crippen LogP contribution in [0.25, 0.3) is 0 Å². The molecule has 4 nitrogen and oxygen atoms in total. The summed E-state index contributed by atoms with van der Waals surface area (Å²) in [5, 5.41) is 7.94. The molecule has 1 aliphatic rings. The van der Waals surface area contributed by atoms with Gasteiger partial charge in [-0.2, -0.15) is 0 Å². The zero-order chi connectivity index (χ0) is 13.4. The van der Waals surface area contributed by atoms with Crippen LogP contribution in [-0.4, -0.2) is 26.2 Å². The molecule has 0 radical (unpaired) electrons. The molecule has 0 unspecified atom stereocenters. The van der Waals surface area contributed by atoms with Gasteiger partial charge in [0.2, 0.25) is 0 Å². The van der Waals surface area contributed by atoms with Crippen molar-refractivity contribution in [1.29, 1.82) is 0 Å². The molecule has 100 valence electrons. The molecule has 0 N–H and O–H groups in total. The third-order valence-electron chi connectivity index (χ3n) is 3.55. The van der Waals surface area contributed by atoms with Gasteiger partial charge in [0.1, 0.15) is 18.0 Å². The van der Waals surface area contributed by atoms with Crippen LogP contribution >= 0.6 is 15.9 Å². The van der Waals surface area contributed by atoms with Crippen molar-refractivity contribution in [1.82, 2.24) is 19.7 Å². The maximum atomic E-state index is 13.9. The minimum absolute atomic E-state index is 0.124.